The second-order valence-electron chi connectivity index (χ2n) is 8.72. The van der Waals surface area contributed by atoms with Crippen LogP contribution >= 0.6 is 15.9 Å². The minimum Gasteiger partial charge on any atom is -0.498 e. The van der Waals surface area contributed by atoms with Crippen LogP contribution in [0.2, 0.25) is 19.6 Å². The van der Waals surface area contributed by atoms with E-state index in [4.69, 9.17) is 18.9 Å². The summed E-state index contributed by atoms with van der Waals surface area (Å²) in [6.45, 7) is 7.20. The Morgan fingerprint density at radius 2 is 1.75 bits per heavy atom. The van der Waals surface area contributed by atoms with E-state index >= 15 is 0 Å². The first-order valence-electron chi connectivity index (χ1n) is 10.6. The summed E-state index contributed by atoms with van der Waals surface area (Å²) in [7, 11) is 3.58. The van der Waals surface area contributed by atoms with Gasteiger partial charge >= 0.3 is 0 Å². The Bertz CT molecular complexity index is 1030. The van der Waals surface area contributed by atoms with Crippen molar-refractivity contribution in [1.29, 1.82) is 0 Å². The van der Waals surface area contributed by atoms with Gasteiger partial charge in [0.05, 0.1) is 25.3 Å². The van der Waals surface area contributed by atoms with Gasteiger partial charge in [0.25, 0.3) is 0 Å². The molecule has 32 heavy (non-hydrogen) atoms. The molecule has 2 atom stereocenters. The fraction of sp³-hybridized carbons (Fsp3) is 0.385. The van der Waals surface area contributed by atoms with E-state index in [1.165, 1.54) is 0 Å². The predicted molar refractivity (Wildman–Crippen MR) is 134 cm³/mol. The van der Waals surface area contributed by atoms with Crippen LogP contribution in [0, 0.1) is 11.5 Å². The Kier molecular flexibility index (Phi) is 8.24. The Morgan fingerprint density at radius 3 is 2.34 bits per heavy atom. The van der Waals surface area contributed by atoms with Gasteiger partial charge in [-0.2, -0.15) is 0 Å². The molecule has 0 saturated heterocycles. The Hall–Kier alpha value is -2.04. The van der Waals surface area contributed by atoms with Crippen molar-refractivity contribution >= 4 is 24.0 Å². The number of halogens is 1. The molecule has 0 bridgehead atoms. The van der Waals surface area contributed by atoms with Crippen molar-refractivity contribution in [3.8, 4) is 17.2 Å². The van der Waals surface area contributed by atoms with Crippen LogP contribution in [0.15, 0.2) is 52.7 Å². The van der Waals surface area contributed by atoms with E-state index in [1.807, 2.05) is 24.3 Å². The van der Waals surface area contributed by atoms with Gasteiger partial charge in [0, 0.05) is 19.1 Å². The van der Waals surface area contributed by atoms with Gasteiger partial charge in [-0.15, -0.1) is 11.5 Å². The van der Waals surface area contributed by atoms with Crippen LogP contribution < -0.4 is 4.74 Å². The van der Waals surface area contributed by atoms with Crippen LogP contribution in [0.1, 0.15) is 34.5 Å². The first-order chi connectivity index (χ1) is 15.3. The minimum absolute atomic E-state index is 0.333. The maximum atomic E-state index is 6.35. The van der Waals surface area contributed by atoms with Crippen molar-refractivity contribution in [2.24, 2.45) is 0 Å². The predicted octanol–water partition coefficient (Wildman–Crippen LogP) is 6.37. The fourth-order valence-corrected chi connectivity index (χ4v) is 5.00. The van der Waals surface area contributed by atoms with Crippen LogP contribution in [0.4, 0.5) is 0 Å². The monoisotopic (exact) mass is 514 g/mol. The molecule has 1 aliphatic carbocycles. The SMILES string of the molecule is COC1=CC(OCc2ccccc2)c2c(cc(CC#C[Si](C)(C)C)c(Br)c2OC)C1OC. The van der Waals surface area contributed by atoms with Crippen LogP contribution in [-0.2, 0) is 27.2 Å². The third kappa shape index (κ3) is 5.65. The molecule has 1 aliphatic rings. The number of methoxy groups -OCH3 is 3. The smallest absolute Gasteiger partial charge is 0.139 e. The lowest BCUT2D eigenvalue weighted by Crippen LogP contribution is -2.20. The molecule has 2 unspecified atom stereocenters. The van der Waals surface area contributed by atoms with Crippen molar-refractivity contribution in [3.63, 3.8) is 0 Å². The molecule has 2 aromatic carbocycles. The number of ether oxygens (including phenoxy) is 4. The first-order valence-corrected chi connectivity index (χ1v) is 14.9. The molecule has 170 valence electrons. The summed E-state index contributed by atoms with van der Waals surface area (Å²) in [6.07, 6.45) is 1.93. The fourth-order valence-electron chi connectivity index (χ4n) is 3.75. The zero-order valence-electron chi connectivity index (χ0n) is 19.6. The van der Waals surface area contributed by atoms with E-state index in [0.29, 0.717) is 13.0 Å². The average molecular weight is 516 g/mol. The molecule has 4 nitrogen and oxygen atoms in total. The number of hydrogen-bond acceptors (Lipinski definition) is 4. The van der Waals surface area contributed by atoms with E-state index in [2.05, 4.69) is 65.2 Å². The number of benzene rings is 2. The van der Waals surface area contributed by atoms with E-state index in [9.17, 15) is 0 Å². The number of fused-ring (bicyclic) bond motifs is 1. The van der Waals surface area contributed by atoms with Crippen molar-refractivity contribution in [2.45, 2.75) is 44.9 Å². The molecule has 0 aromatic heterocycles. The van der Waals surface area contributed by atoms with Crippen molar-refractivity contribution in [1.82, 2.24) is 0 Å². The maximum Gasteiger partial charge on any atom is 0.139 e. The maximum absolute atomic E-state index is 6.35. The lowest BCUT2D eigenvalue weighted by molar-refractivity contribution is 0.0361. The third-order valence-electron chi connectivity index (χ3n) is 5.20. The summed E-state index contributed by atoms with van der Waals surface area (Å²) < 4.78 is 24.7. The van der Waals surface area contributed by atoms with Gasteiger partial charge in [0.15, 0.2) is 0 Å². The van der Waals surface area contributed by atoms with Gasteiger partial charge < -0.3 is 18.9 Å². The number of hydrogen-bond donors (Lipinski definition) is 0. The summed E-state index contributed by atoms with van der Waals surface area (Å²) in [5.74, 6) is 4.84. The highest BCUT2D eigenvalue weighted by atomic mass is 79.9. The second-order valence-corrected chi connectivity index (χ2v) is 14.3. The summed E-state index contributed by atoms with van der Waals surface area (Å²) in [6, 6.07) is 12.3. The Labute approximate surface area is 201 Å². The molecule has 0 heterocycles. The van der Waals surface area contributed by atoms with Crippen molar-refractivity contribution in [2.75, 3.05) is 21.3 Å². The molecule has 6 heteroatoms. The van der Waals surface area contributed by atoms with Gasteiger partial charge in [-0.3, -0.25) is 0 Å². The molecule has 3 rings (SSSR count). The van der Waals surface area contributed by atoms with E-state index < -0.39 is 8.07 Å². The quantitative estimate of drug-likeness (QED) is 0.317. The minimum atomic E-state index is -1.45. The largest absolute Gasteiger partial charge is 0.498 e. The van der Waals surface area contributed by atoms with Crippen molar-refractivity contribution < 1.29 is 18.9 Å². The van der Waals surface area contributed by atoms with Gasteiger partial charge in [0.1, 0.15) is 31.8 Å². The molecule has 0 amide bonds. The highest BCUT2D eigenvalue weighted by Crippen LogP contribution is 2.48. The molecule has 0 saturated carbocycles. The van der Waals surface area contributed by atoms with E-state index in [-0.39, 0.29) is 12.2 Å². The van der Waals surface area contributed by atoms with Crippen LogP contribution in [-0.4, -0.2) is 29.4 Å². The topological polar surface area (TPSA) is 36.9 Å². The Balaban J connectivity index is 2.06. The lowest BCUT2D eigenvalue weighted by atomic mass is 9.88. The number of rotatable bonds is 7. The van der Waals surface area contributed by atoms with Gasteiger partial charge in [-0.1, -0.05) is 50.0 Å². The highest BCUT2D eigenvalue weighted by Gasteiger charge is 2.34. The molecular formula is C26H31BrO4Si. The van der Waals surface area contributed by atoms with Crippen LogP contribution in [0.3, 0.4) is 0 Å². The van der Waals surface area contributed by atoms with Gasteiger partial charge in [0.2, 0.25) is 0 Å². The zero-order chi connectivity index (χ0) is 23.3. The molecule has 0 aliphatic heterocycles. The Morgan fingerprint density at radius 1 is 1.03 bits per heavy atom. The van der Waals surface area contributed by atoms with E-state index in [0.717, 1.165) is 38.2 Å². The normalized spacial score (nSPS) is 17.7. The molecule has 2 aromatic rings. The lowest BCUT2D eigenvalue weighted by Gasteiger charge is -2.32. The summed E-state index contributed by atoms with van der Waals surface area (Å²) in [4.78, 5) is 0. The van der Waals surface area contributed by atoms with Crippen LogP contribution in [0.5, 0.6) is 5.75 Å². The van der Waals surface area contributed by atoms with Crippen LogP contribution in [0.25, 0.3) is 0 Å². The summed E-state index contributed by atoms with van der Waals surface area (Å²) in [5.41, 5.74) is 7.54. The molecule has 0 radical (unpaired) electrons. The average Bonchev–Trinajstić information content (AvgIpc) is 2.77. The molecular weight excluding hydrogens is 484 g/mol. The standard InChI is InChI=1S/C26H31BrO4Si/c1-28-22-16-21(31-17-18-11-8-7-9-12-18)23-20(25(22)29-2)15-19(24(27)26(23)30-3)13-10-14-32(4,5)6/h7-9,11-12,15-16,21,25H,13,17H2,1-6H3. The van der Waals surface area contributed by atoms with E-state index in [1.54, 1.807) is 21.3 Å². The van der Waals surface area contributed by atoms with Gasteiger partial charge in [-0.25, -0.2) is 0 Å². The first kappa shape index (κ1) is 24.6. The molecule has 0 N–H and O–H groups in total. The van der Waals surface area contributed by atoms with Gasteiger partial charge in [-0.05, 0) is 44.8 Å². The zero-order valence-corrected chi connectivity index (χ0v) is 22.2. The third-order valence-corrected chi connectivity index (χ3v) is 6.99. The summed E-state index contributed by atoms with van der Waals surface area (Å²) in [5, 5.41) is 0. The molecule has 0 fully saturated rings. The summed E-state index contributed by atoms with van der Waals surface area (Å²) >= 11 is 3.77. The van der Waals surface area contributed by atoms with Crippen molar-refractivity contribution in [3.05, 3.63) is 75.0 Å². The molecule has 0 spiro atoms. The highest BCUT2D eigenvalue weighted by molar-refractivity contribution is 9.10. The second kappa shape index (κ2) is 10.7.